The zero-order valence-corrected chi connectivity index (χ0v) is 24.5. The second kappa shape index (κ2) is 10.6. The number of furan rings is 1. The molecule has 3 aromatic carbocycles. The van der Waals surface area contributed by atoms with Gasteiger partial charge in [-0.05, 0) is 50.1 Å². The van der Waals surface area contributed by atoms with Crippen molar-refractivity contribution in [1.29, 1.82) is 0 Å². The smallest absolute Gasteiger partial charge is 0.275 e. The number of rotatable bonds is 7. The van der Waals surface area contributed by atoms with E-state index in [0.717, 1.165) is 39.6 Å². The van der Waals surface area contributed by atoms with E-state index in [1.165, 1.54) is 0 Å². The molecular formula is C31H26N4O5S2. The number of amides is 1. The largest absolute Gasteiger partial charge is 0.485 e. The number of aromatic nitrogens is 2. The van der Waals surface area contributed by atoms with Gasteiger partial charge in [0.05, 0.1) is 22.7 Å². The number of sulfonamides is 1. The molecule has 0 saturated heterocycles. The number of benzene rings is 3. The van der Waals surface area contributed by atoms with Crippen molar-refractivity contribution in [2.24, 2.45) is 0 Å². The lowest BCUT2D eigenvalue weighted by atomic mass is 10.0. The highest BCUT2D eigenvalue weighted by Crippen LogP contribution is 2.38. The van der Waals surface area contributed by atoms with E-state index >= 15 is 0 Å². The molecule has 0 bridgehead atoms. The van der Waals surface area contributed by atoms with Crippen LogP contribution in [0.25, 0.3) is 33.3 Å². The van der Waals surface area contributed by atoms with Gasteiger partial charge in [-0.2, -0.15) is 0 Å². The third-order valence-corrected chi connectivity index (χ3v) is 9.63. The minimum atomic E-state index is -4.26. The SMILES string of the molecule is Cc1c(-c2cc(C(=O)NS(=O)(=O)c3cnc(N)s3)c3c(O[C@H](C)c4ccccc4)ccc(C)c3n2)oc2ccccc12. The molecular weight excluding hydrogens is 572 g/mol. The van der Waals surface area contributed by atoms with E-state index in [2.05, 4.69) is 9.71 Å². The number of nitrogen functional groups attached to an aromatic ring is 1. The average molecular weight is 599 g/mol. The lowest BCUT2D eigenvalue weighted by molar-refractivity contribution is 0.0982. The van der Waals surface area contributed by atoms with Crippen molar-refractivity contribution in [3.05, 3.63) is 101 Å². The number of pyridine rings is 1. The van der Waals surface area contributed by atoms with Gasteiger partial charge < -0.3 is 14.9 Å². The number of carbonyl (C=O) groups excluding carboxylic acids is 1. The van der Waals surface area contributed by atoms with Crippen LogP contribution in [0.5, 0.6) is 5.75 Å². The predicted octanol–water partition coefficient (Wildman–Crippen LogP) is 6.56. The van der Waals surface area contributed by atoms with E-state index in [0.29, 0.717) is 33.7 Å². The molecule has 6 aromatic rings. The second-order valence-corrected chi connectivity index (χ2v) is 12.8. The van der Waals surface area contributed by atoms with Gasteiger partial charge in [0.2, 0.25) is 0 Å². The maximum atomic E-state index is 13.9. The number of nitrogens with one attached hydrogen (secondary N) is 1. The zero-order chi connectivity index (χ0) is 29.6. The van der Waals surface area contributed by atoms with Crippen LogP contribution in [-0.2, 0) is 10.0 Å². The summed E-state index contributed by atoms with van der Waals surface area (Å²) in [6.07, 6.45) is 0.748. The minimum absolute atomic E-state index is 0.0647. The molecule has 212 valence electrons. The normalized spacial score (nSPS) is 12.5. The highest BCUT2D eigenvalue weighted by Gasteiger charge is 2.27. The van der Waals surface area contributed by atoms with Crippen LogP contribution < -0.4 is 15.2 Å². The molecule has 42 heavy (non-hydrogen) atoms. The number of para-hydroxylation sites is 1. The molecule has 0 spiro atoms. The number of nitrogens with zero attached hydrogens (tertiary/aromatic N) is 2. The molecule has 1 atom stereocenters. The van der Waals surface area contributed by atoms with Crippen LogP contribution in [0.3, 0.4) is 0 Å². The van der Waals surface area contributed by atoms with E-state index in [1.807, 2.05) is 81.4 Å². The Balaban J connectivity index is 1.54. The van der Waals surface area contributed by atoms with Crippen molar-refractivity contribution >= 4 is 54.3 Å². The number of hydrogen-bond donors (Lipinski definition) is 2. The fourth-order valence-electron chi connectivity index (χ4n) is 4.86. The number of nitrogens with two attached hydrogens (primary N) is 1. The lowest BCUT2D eigenvalue weighted by Crippen LogP contribution is -2.30. The second-order valence-electron chi connectivity index (χ2n) is 9.83. The lowest BCUT2D eigenvalue weighted by Gasteiger charge is -2.19. The van der Waals surface area contributed by atoms with Gasteiger partial charge in [-0.15, -0.1) is 0 Å². The molecule has 6 rings (SSSR count). The molecule has 11 heteroatoms. The van der Waals surface area contributed by atoms with Crippen LogP contribution in [0.4, 0.5) is 5.13 Å². The Morgan fingerprint density at radius 3 is 2.50 bits per heavy atom. The summed E-state index contributed by atoms with van der Waals surface area (Å²) in [5, 5.41) is 1.36. The van der Waals surface area contributed by atoms with Gasteiger partial charge >= 0.3 is 0 Å². The summed E-state index contributed by atoms with van der Waals surface area (Å²) in [7, 11) is -4.26. The van der Waals surface area contributed by atoms with Crippen molar-refractivity contribution in [2.75, 3.05) is 5.73 Å². The third kappa shape index (κ3) is 4.97. The topological polar surface area (TPSA) is 137 Å². The number of aryl methyl sites for hydroxylation is 2. The first-order valence-corrected chi connectivity index (χ1v) is 15.4. The first-order chi connectivity index (χ1) is 20.1. The molecule has 3 heterocycles. The van der Waals surface area contributed by atoms with Crippen LogP contribution in [0, 0.1) is 13.8 Å². The number of hydrogen-bond acceptors (Lipinski definition) is 9. The molecule has 0 fully saturated rings. The molecule has 0 unspecified atom stereocenters. The van der Waals surface area contributed by atoms with E-state index in [9.17, 15) is 13.2 Å². The standard InChI is InChI=1S/C31H26N4O5S2/c1-17-13-14-25(39-19(3)20-9-5-4-6-10-20)27-22(30(36)35-42(37,38)26-16-33-31(32)41-26)15-23(34-28(17)27)29-18(2)21-11-7-8-12-24(21)40-29/h4-16,19H,1-3H3,(H2,32,33)(H,35,36)/t19-/m1/s1. The Morgan fingerprint density at radius 1 is 1.05 bits per heavy atom. The van der Waals surface area contributed by atoms with Crippen LogP contribution >= 0.6 is 11.3 Å². The molecule has 3 N–H and O–H groups in total. The number of anilines is 1. The fraction of sp³-hybridized carbons (Fsp3) is 0.129. The van der Waals surface area contributed by atoms with E-state index in [4.69, 9.17) is 19.9 Å². The monoisotopic (exact) mass is 598 g/mol. The Hall–Kier alpha value is -4.74. The third-order valence-electron chi connectivity index (χ3n) is 7.01. The molecule has 0 aliphatic carbocycles. The summed E-state index contributed by atoms with van der Waals surface area (Å²) in [6, 6.07) is 22.4. The molecule has 9 nitrogen and oxygen atoms in total. The summed E-state index contributed by atoms with van der Waals surface area (Å²) in [6.45, 7) is 5.69. The molecule has 1 amide bonds. The first kappa shape index (κ1) is 27.4. The van der Waals surface area contributed by atoms with Gasteiger partial charge in [0, 0.05) is 10.9 Å². The Labute approximate surface area is 246 Å². The first-order valence-electron chi connectivity index (χ1n) is 13.1. The van der Waals surface area contributed by atoms with Gasteiger partial charge in [-0.1, -0.05) is 65.9 Å². The van der Waals surface area contributed by atoms with Crippen molar-refractivity contribution in [3.8, 4) is 17.2 Å². The highest BCUT2D eigenvalue weighted by atomic mass is 32.2. The van der Waals surface area contributed by atoms with E-state index in [1.54, 1.807) is 12.1 Å². The van der Waals surface area contributed by atoms with Crippen molar-refractivity contribution in [3.63, 3.8) is 0 Å². The Morgan fingerprint density at radius 2 is 1.79 bits per heavy atom. The highest BCUT2D eigenvalue weighted by molar-refractivity contribution is 7.92. The number of fused-ring (bicyclic) bond motifs is 2. The van der Waals surface area contributed by atoms with Gasteiger partial charge in [-0.3, -0.25) is 4.79 Å². The Kier molecular flexibility index (Phi) is 6.91. The summed E-state index contributed by atoms with van der Waals surface area (Å²) < 4.78 is 40.8. The minimum Gasteiger partial charge on any atom is -0.485 e. The van der Waals surface area contributed by atoms with Crippen LogP contribution in [0.2, 0.25) is 0 Å². The Bertz CT molecular complexity index is 2090. The summed E-state index contributed by atoms with van der Waals surface area (Å²) >= 11 is 0.763. The number of ether oxygens (including phenoxy) is 1. The van der Waals surface area contributed by atoms with Crippen LogP contribution in [0.1, 0.15) is 40.1 Å². The van der Waals surface area contributed by atoms with Crippen molar-refractivity contribution in [1.82, 2.24) is 14.7 Å². The summed E-state index contributed by atoms with van der Waals surface area (Å²) in [4.78, 5) is 22.6. The molecule has 0 aliphatic heterocycles. The molecule has 0 radical (unpaired) electrons. The number of carbonyl (C=O) groups is 1. The molecule has 0 aliphatic rings. The number of thiazole rings is 1. The van der Waals surface area contributed by atoms with Gasteiger partial charge in [0.25, 0.3) is 15.9 Å². The van der Waals surface area contributed by atoms with E-state index in [-0.39, 0.29) is 21.0 Å². The van der Waals surface area contributed by atoms with Gasteiger partial charge in [0.1, 0.15) is 23.1 Å². The fourth-order valence-corrected chi connectivity index (χ4v) is 6.74. The van der Waals surface area contributed by atoms with Crippen molar-refractivity contribution < 1.29 is 22.4 Å². The maximum absolute atomic E-state index is 13.9. The quantitative estimate of drug-likeness (QED) is 0.211. The predicted molar refractivity (Wildman–Crippen MR) is 163 cm³/mol. The van der Waals surface area contributed by atoms with Crippen LogP contribution in [-0.4, -0.2) is 24.3 Å². The molecule has 3 aromatic heterocycles. The zero-order valence-electron chi connectivity index (χ0n) is 22.9. The summed E-state index contributed by atoms with van der Waals surface area (Å²) in [5.41, 5.74) is 9.81. The average Bonchev–Trinajstić information content (AvgIpc) is 3.58. The maximum Gasteiger partial charge on any atom is 0.275 e. The van der Waals surface area contributed by atoms with Gasteiger partial charge in [0.15, 0.2) is 15.1 Å². The van der Waals surface area contributed by atoms with Crippen molar-refractivity contribution in [2.45, 2.75) is 31.1 Å². The summed E-state index contributed by atoms with van der Waals surface area (Å²) in [5.74, 6) is 0.0118. The van der Waals surface area contributed by atoms with Gasteiger partial charge in [-0.25, -0.2) is 23.1 Å². The molecule has 0 saturated carbocycles. The van der Waals surface area contributed by atoms with E-state index < -0.39 is 15.9 Å². The van der Waals surface area contributed by atoms with Crippen LogP contribution in [0.15, 0.2) is 87.6 Å².